The molecule has 2 atom stereocenters. The Hall–Kier alpha value is -1.72. The fourth-order valence-electron chi connectivity index (χ4n) is 2.32. The zero-order valence-corrected chi connectivity index (χ0v) is 12.1. The van der Waals surface area contributed by atoms with Gasteiger partial charge in [0.25, 0.3) is 0 Å². The first-order valence-corrected chi connectivity index (χ1v) is 7.05. The summed E-state index contributed by atoms with van der Waals surface area (Å²) in [5.41, 5.74) is 7.45. The molecular weight excluding hydrogens is 252 g/mol. The Kier molecular flexibility index (Phi) is 5.26. The van der Waals surface area contributed by atoms with Crippen molar-refractivity contribution in [1.29, 1.82) is 0 Å². The largest absolute Gasteiger partial charge is 0.372 e. The van der Waals surface area contributed by atoms with Crippen LogP contribution in [0.1, 0.15) is 31.3 Å². The summed E-state index contributed by atoms with van der Waals surface area (Å²) in [6.07, 6.45) is 2.10. The average molecular weight is 274 g/mol. The van der Waals surface area contributed by atoms with Gasteiger partial charge in [0, 0.05) is 25.6 Å². The van der Waals surface area contributed by atoms with Gasteiger partial charge in [-0.15, -0.1) is 0 Å². The first-order valence-electron chi connectivity index (χ1n) is 7.05. The molecule has 1 aromatic heterocycles. The summed E-state index contributed by atoms with van der Waals surface area (Å²) < 4.78 is 7.70. The summed E-state index contributed by atoms with van der Waals surface area (Å²) in [5.74, 6) is 0.903. The summed E-state index contributed by atoms with van der Waals surface area (Å²) >= 11 is 0. The van der Waals surface area contributed by atoms with Gasteiger partial charge in [0.05, 0.1) is 6.10 Å². The van der Waals surface area contributed by atoms with E-state index in [9.17, 15) is 0 Å². The molecule has 0 aliphatic carbocycles. The van der Waals surface area contributed by atoms with Crippen molar-refractivity contribution < 1.29 is 4.74 Å². The third kappa shape index (κ3) is 3.43. The lowest BCUT2D eigenvalue weighted by Gasteiger charge is -2.24. The van der Waals surface area contributed by atoms with E-state index in [4.69, 9.17) is 10.5 Å². The molecule has 20 heavy (non-hydrogen) atoms. The molecule has 0 fully saturated rings. The lowest BCUT2D eigenvalue weighted by molar-refractivity contribution is 0.0426. The van der Waals surface area contributed by atoms with Crippen molar-refractivity contribution in [3.63, 3.8) is 0 Å². The van der Waals surface area contributed by atoms with E-state index in [1.54, 1.807) is 6.33 Å². The molecule has 2 rings (SSSR count). The minimum Gasteiger partial charge on any atom is -0.372 e. The molecule has 0 aliphatic heterocycles. The van der Waals surface area contributed by atoms with Crippen LogP contribution in [0.2, 0.25) is 0 Å². The van der Waals surface area contributed by atoms with Gasteiger partial charge in [-0.25, -0.2) is 4.98 Å². The molecule has 0 radical (unpaired) electrons. The predicted molar refractivity (Wildman–Crippen MR) is 78.2 cm³/mol. The number of rotatable bonds is 7. The highest BCUT2D eigenvalue weighted by Gasteiger charge is 2.22. The minimum atomic E-state index is -0.146. The van der Waals surface area contributed by atoms with Crippen molar-refractivity contribution in [2.45, 2.75) is 39.0 Å². The van der Waals surface area contributed by atoms with Gasteiger partial charge in [0.15, 0.2) is 0 Å². The van der Waals surface area contributed by atoms with Gasteiger partial charge in [-0.05, 0) is 19.4 Å². The van der Waals surface area contributed by atoms with Crippen molar-refractivity contribution in [2.24, 2.45) is 5.73 Å². The second-order valence-electron chi connectivity index (χ2n) is 4.65. The molecule has 0 bridgehead atoms. The smallest absolute Gasteiger partial charge is 0.138 e. The van der Waals surface area contributed by atoms with Crippen LogP contribution in [0.25, 0.3) is 0 Å². The average Bonchev–Trinajstić information content (AvgIpc) is 2.92. The zero-order valence-electron chi connectivity index (χ0n) is 12.1. The topological polar surface area (TPSA) is 66.0 Å². The summed E-state index contributed by atoms with van der Waals surface area (Å²) in [7, 11) is 0. The fourth-order valence-corrected chi connectivity index (χ4v) is 2.32. The lowest BCUT2D eigenvalue weighted by Crippen LogP contribution is -2.33. The van der Waals surface area contributed by atoms with Gasteiger partial charge < -0.3 is 10.5 Å². The highest BCUT2D eigenvalue weighted by Crippen LogP contribution is 2.22. The van der Waals surface area contributed by atoms with Gasteiger partial charge in [-0.3, -0.25) is 4.68 Å². The number of hydrogen-bond acceptors (Lipinski definition) is 4. The molecule has 2 N–H and O–H groups in total. The van der Waals surface area contributed by atoms with Crippen molar-refractivity contribution in [1.82, 2.24) is 14.8 Å². The molecule has 108 valence electrons. The number of ether oxygens (including phenoxy) is 1. The Bertz CT molecular complexity index is 512. The van der Waals surface area contributed by atoms with Gasteiger partial charge in [-0.2, -0.15) is 5.10 Å². The second-order valence-corrected chi connectivity index (χ2v) is 4.65. The molecular formula is C15H22N4O. The van der Waals surface area contributed by atoms with Crippen LogP contribution in [0.15, 0.2) is 36.7 Å². The van der Waals surface area contributed by atoms with Crippen molar-refractivity contribution in [3.05, 3.63) is 48.0 Å². The SMILES string of the molecule is CCOC(c1ccccc1)C(N)Cc1ncnn1CC. The van der Waals surface area contributed by atoms with E-state index in [1.165, 1.54) is 0 Å². The maximum absolute atomic E-state index is 6.34. The summed E-state index contributed by atoms with van der Waals surface area (Å²) in [6.45, 7) is 5.46. The Labute approximate surface area is 119 Å². The zero-order chi connectivity index (χ0) is 14.4. The molecule has 0 saturated heterocycles. The highest BCUT2D eigenvalue weighted by atomic mass is 16.5. The Morgan fingerprint density at radius 1 is 1.25 bits per heavy atom. The Morgan fingerprint density at radius 2 is 2.00 bits per heavy atom. The highest BCUT2D eigenvalue weighted by molar-refractivity contribution is 5.19. The van der Waals surface area contributed by atoms with Crippen LogP contribution in [0.3, 0.4) is 0 Å². The van der Waals surface area contributed by atoms with E-state index in [0.717, 1.165) is 17.9 Å². The number of hydrogen-bond donors (Lipinski definition) is 1. The van der Waals surface area contributed by atoms with Crippen molar-refractivity contribution in [3.8, 4) is 0 Å². The van der Waals surface area contributed by atoms with Crippen molar-refractivity contribution >= 4 is 0 Å². The number of nitrogens with two attached hydrogens (primary N) is 1. The number of aryl methyl sites for hydroxylation is 1. The molecule has 0 amide bonds. The first-order chi connectivity index (χ1) is 9.76. The summed E-state index contributed by atoms with van der Waals surface area (Å²) in [6, 6.07) is 9.94. The summed E-state index contributed by atoms with van der Waals surface area (Å²) in [5, 5.41) is 4.17. The third-order valence-corrected chi connectivity index (χ3v) is 3.28. The van der Waals surface area contributed by atoms with Crippen LogP contribution < -0.4 is 5.73 Å². The fraction of sp³-hybridized carbons (Fsp3) is 0.467. The van der Waals surface area contributed by atoms with Crippen LogP contribution in [-0.4, -0.2) is 27.4 Å². The summed E-state index contributed by atoms with van der Waals surface area (Å²) in [4.78, 5) is 4.28. The number of aromatic nitrogens is 3. The monoisotopic (exact) mass is 274 g/mol. The van der Waals surface area contributed by atoms with Gasteiger partial charge >= 0.3 is 0 Å². The normalized spacial score (nSPS) is 14.2. The standard InChI is InChI=1S/C15H22N4O/c1-3-19-14(17-11-18-19)10-13(16)15(20-4-2)12-8-6-5-7-9-12/h5-9,11,13,15H,3-4,10,16H2,1-2H3. The van der Waals surface area contributed by atoms with E-state index in [2.05, 4.69) is 10.1 Å². The molecule has 2 unspecified atom stereocenters. The van der Waals surface area contributed by atoms with E-state index in [0.29, 0.717) is 13.0 Å². The number of nitrogens with zero attached hydrogens (tertiary/aromatic N) is 3. The molecule has 1 aromatic carbocycles. The van der Waals surface area contributed by atoms with E-state index < -0.39 is 0 Å². The maximum Gasteiger partial charge on any atom is 0.138 e. The van der Waals surface area contributed by atoms with Crippen LogP contribution in [0, 0.1) is 0 Å². The van der Waals surface area contributed by atoms with Crippen LogP contribution in [0.4, 0.5) is 0 Å². The van der Waals surface area contributed by atoms with Gasteiger partial charge in [0.1, 0.15) is 12.2 Å². The molecule has 5 nitrogen and oxygen atoms in total. The maximum atomic E-state index is 6.34. The van der Waals surface area contributed by atoms with Gasteiger partial charge in [0.2, 0.25) is 0 Å². The van der Waals surface area contributed by atoms with Crippen LogP contribution >= 0.6 is 0 Å². The second kappa shape index (κ2) is 7.17. The molecule has 2 aromatic rings. The van der Waals surface area contributed by atoms with Gasteiger partial charge in [-0.1, -0.05) is 30.3 Å². The van der Waals surface area contributed by atoms with E-state index >= 15 is 0 Å². The molecule has 0 saturated carbocycles. The van der Waals surface area contributed by atoms with Crippen LogP contribution in [-0.2, 0) is 17.7 Å². The quantitative estimate of drug-likeness (QED) is 0.838. The van der Waals surface area contributed by atoms with E-state index in [1.807, 2.05) is 48.9 Å². The van der Waals surface area contributed by atoms with Crippen molar-refractivity contribution in [2.75, 3.05) is 6.61 Å². The molecule has 0 aliphatic rings. The van der Waals surface area contributed by atoms with Crippen LogP contribution in [0.5, 0.6) is 0 Å². The molecule has 0 spiro atoms. The lowest BCUT2D eigenvalue weighted by atomic mass is 10.00. The minimum absolute atomic E-state index is 0.122. The first kappa shape index (κ1) is 14.7. The predicted octanol–water partition coefficient (Wildman–Crippen LogP) is 1.95. The number of benzene rings is 1. The molecule has 5 heteroatoms. The van der Waals surface area contributed by atoms with E-state index in [-0.39, 0.29) is 12.1 Å². The third-order valence-electron chi connectivity index (χ3n) is 3.28. The Balaban J connectivity index is 2.13. The Morgan fingerprint density at radius 3 is 2.65 bits per heavy atom. The molecule has 1 heterocycles.